The Morgan fingerprint density at radius 1 is 1.18 bits per heavy atom. The molecule has 0 bridgehead atoms. The first-order valence-electron chi connectivity index (χ1n) is 12.7. The molecule has 0 saturated heterocycles. The number of nitrogens with zero attached hydrogens (tertiary/aromatic N) is 5. The summed E-state index contributed by atoms with van der Waals surface area (Å²) < 4.78 is 1.67. The molecule has 0 aliphatic rings. The lowest BCUT2D eigenvalue weighted by Crippen LogP contribution is -2.23. The van der Waals surface area contributed by atoms with Crippen LogP contribution in [0.1, 0.15) is 63.0 Å². The molecule has 38 heavy (non-hydrogen) atoms. The van der Waals surface area contributed by atoms with Crippen LogP contribution in [0.5, 0.6) is 0 Å². The molecule has 0 aliphatic carbocycles. The smallest absolute Gasteiger partial charge is 0.266 e. The van der Waals surface area contributed by atoms with Gasteiger partial charge in [-0.3, -0.25) is 9.20 Å². The number of imidazole rings is 1. The summed E-state index contributed by atoms with van der Waals surface area (Å²) in [5, 5.41) is 14.2. The van der Waals surface area contributed by atoms with Crippen molar-refractivity contribution < 1.29 is 5.11 Å². The quantitative estimate of drug-likeness (QED) is 0.204. The topological polar surface area (TPSA) is 121 Å². The minimum atomic E-state index is -0.275. The number of hydrogen-bond donors (Lipinski definition) is 3. The third-order valence-electron chi connectivity index (χ3n) is 6.13. The van der Waals surface area contributed by atoms with Gasteiger partial charge < -0.3 is 15.4 Å². The fraction of sp³-hybridized carbons (Fsp3) is 0.321. The zero-order chi connectivity index (χ0) is 27.2. The number of H-pyrrole nitrogens is 1. The molecule has 0 fully saturated rings. The van der Waals surface area contributed by atoms with Crippen molar-refractivity contribution in [1.29, 1.82) is 0 Å². The number of nitrogens with one attached hydrogen (secondary N) is 2. The molecule has 1 aromatic carbocycles. The van der Waals surface area contributed by atoms with E-state index in [-0.39, 0.29) is 11.6 Å². The highest BCUT2D eigenvalue weighted by Crippen LogP contribution is 2.29. The average Bonchev–Trinajstić information content (AvgIpc) is 3.55. The highest BCUT2D eigenvalue weighted by atomic mass is 32.1. The van der Waals surface area contributed by atoms with Gasteiger partial charge in [-0.15, -0.1) is 11.3 Å². The lowest BCUT2D eigenvalue weighted by molar-refractivity contribution is 0.391. The second-order valence-corrected chi connectivity index (χ2v) is 9.90. The van der Waals surface area contributed by atoms with Crippen LogP contribution in [0.25, 0.3) is 27.3 Å². The first kappa shape index (κ1) is 27.0. The lowest BCUT2D eigenvalue weighted by atomic mass is 10.0. The van der Waals surface area contributed by atoms with Gasteiger partial charge in [-0.05, 0) is 38.8 Å². The number of aromatic amines is 1. The fourth-order valence-corrected chi connectivity index (χ4v) is 4.87. The van der Waals surface area contributed by atoms with E-state index in [4.69, 9.17) is 10.1 Å². The predicted molar refractivity (Wildman–Crippen MR) is 154 cm³/mol. The van der Waals surface area contributed by atoms with E-state index >= 15 is 0 Å². The van der Waals surface area contributed by atoms with E-state index in [9.17, 15) is 4.79 Å². The van der Waals surface area contributed by atoms with Gasteiger partial charge in [-0.1, -0.05) is 50.1 Å². The number of aromatic nitrogens is 6. The van der Waals surface area contributed by atoms with Crippen LogP contribution in [0.4, 0.5) is 5.82 Å². The van der Waals surface area contributed by atoms with Crippen molar-refractivity contribution in [3.05, 3.63) is 81.4 Å². The van der Waals surface area contributed by atoms with Crippen molar-refractivity contribution in [3.8, 4) is 11.1 Å². The van der Waals surface area contributed by atoms with E-state index in [1.54, 1.807) is 10.7 Å². The molecule has 3 N–H and O–H groups in total. The number of benzene rings is 1. The van der Waals surface area contributed by atoms with E-state index in [1.807, 2.05) is 63.4 Å². The summed E-state index contributed by atoms with van der Waals surface area (Å²) in [5.41, 5.74) is 5.34. The van der Waals surface area contributed by atoms with Gasteiger partial charge in [0, 0.05) is 17.5 Å². The number of fused-ring (bicyclic) bond motifs is 2. The maximum atomic E-state index is 13.5. The zero-order valence-electron chi connectivity index (χ0n) is 22.3. The first-order valence-corrected chi connectivity index (χ1v) is 13.6. The molecule has 0 amide bonds. The van der Waals surface area contributed by atoms with Crippen LogP contribution in [0.3, 0.4) is 0 Å². The summed E-state index contributed by atoms with van der Waals surface area (Å²) in [7, 11) is 0. The van der Waals surface area contributed by atoms with Crippen molar-refractivity contribution in [2.24, 2.45) is 0 Å². The van der Waals surface area contributed by atoms with Crippen LogP contribution in [-0.4, -0.2) is 34.4 Å². The Kier molecular flexibility index (Phi) is 8.52. The minimum Gasteiger partial charge on any atom is -0.513 e. The van der Waals surface area contributed by atoms with Crippen molar-refractivity contribution in [1.82, 2.24) is 29.3 Å². The third-order valence-corrected chi connectivity index (χ3v) is 7.07. The molecule has 0 radical (unpaired) electrons. The van der Waals surface area contributed by atoms with E-state index in [0.717, 1.165) is 36.1 Å². The Morgan fingerprint density at radius 2 is 1.95 bits per heavy atom. The van der Waals surface area contributed by atoms with Crippen molar-refractivity contribution >= 4 is 33.3 Å². The molecule has 1 atom stereocenters. The lowest BCUT2D eigenvalue weighted by Gasteiger charge is -2.18. The van der Waals surface area contributed by atoms with Gasteiger partial charge in [0.05, 0.1) is 29.4 Å². The van der Waals surface area contributed by atoms with Gasteiger partial charge >= 0.3 is 0 Å². The molecule has 0 aliphatic heterocycles. The number of allylic oxidation sites excluding steroid dienone is 2. The molecule has 1 unspecified atom stereocenters. The molecule has 0 spiro atoms. The summed E-state index contributed by atoms with van der Waals surface area (Å²) in [6.45, 7) is 9.96. The Morgan fingerprint density at radius 3 is 2.66 bits per heavy atom. The third kappa shape index (κ3) is 5.75. The number of unbranched alkanes of at least 4 members (excludes halogenated alkanes) is 1. The van der Waals surface area contributed by atoms with Crippen LogP contribution >= 0.6 is 11.3 Å². The molecular weight excluding hydrogens is 498 g/mol. The number of anilines is 1. The maximum Gasteiger partial charge on any atom is 0.266 e. The molecule has 9 nitrogen and oxygen atoms in total. The van der Waals surface area contributed by atoms with Crippen LogP contribution in [0, 0.1) is 13.8 Å². The normalized spacial score (nSPS) is 12.4. The van der Waals surface area contributed by atoms with Crippen molar-refractivity contribution in [2.45, 2.75) is 59.9 Å². The standard InChI is InChI=1S/C21H19N7OS.C7H14O/c1-11-4-6-14(7-5-11)15-16(27-21-28(20(15)29)12(2)8-30-21)13(3)26-19-17-18(23-9-22-17)24-10-25-19;1-3-5-6-7(8)4-2/h4-10,13H,1-3H3,(H2,22,23,24,25,26);6,8H,3-5H2,1-2H3/b;7-6-. The van der Waals surface area contributed by atoms with Gasteiger partial charge in [0.1, 0.15) is 11.8 Å². The fourth-order valence-electron chi connectivity index (χ4n) is 4.01. The summed E-state index contributed by atoms with van der Waals surface area (Å²) in [6, 6.07) is 7.67. The largest absolute Gasteiger partial charge is 0.513 e. The first-order chi connectivity index (χ1) is 18.3. The highest BCUT2D eigenvalue weighted by Gasteiger charge is 2.22. The number of aliphatic hydroxyl groups is 1. The molecule has 4 aromatic heterocycles. The van der Waals surface area contributed by atoms with Crippen molar-refractivity contribution in [3.63, 3.8) is 0 Å². The van der Waals surface area contributed by atoms with Gasteiger partial charge in [-0.25, -0.2) is 19.9 Å². The van der Waals surface area contributed by atoms with E-state index < -0.39 is 0 Å². The van der Waals surface area contributed by atoms with Crippen LogP contribution in [0.2, 0.25) is 0 Å². The van der Waals surface area contributed by atoms with Crippen LogP contribution in [-0.2, 0) is 0 Å². The summed E-state index contributed by atoms with van der Waals surface area (Å²) in [4.78, 5) is 34.8. The summed E-state index contributed by atoms with van der Waals surface area (Å²) >= 11 is 1.46. The summed E-state index contributed by atoms with van der Waals surface area (Å²) in [5.74, 6) is 1.14. The highest BCUT2D eigenvalue weighted by molar-refractivity contribution is 7.15. The minimum absolute atomic E-state index is 0.0689. The second kappa shape index (κ2) is 12.0. The van der Waals surface area contributed by atoms with Gasteiger partial charge in [0.25, 0.3) is 5.56 Å². The molecule has 10 heteroatoms. The molecule has 0 saturated carbocycles. The number of hydrogen-bond acceptors (Lipinski definition) is 8. The average molecular weight is 532 g/mol. The molecule has 198 valence electrons. The van der Waals surface area contributed by atoms with E-state index in [2.05, 4.69) is 32.2 Å². The van der Waals surface area contributed by atoms with Gasteiger partial charge in [-0.2, -0.15) is 0 Å². The predicted octanol–water partition coefficient (Wildman–Crippen LogP) is 6.52. The van der Waals surface area contributed by atoms with E-state index in [0.29, 0.717) is 39.0 Å². The summed E-state index contributed by atoms with van der Waals surface area (Å²) in [6.07, 6.45) is 7.80. The van der Waals surface area contributed by atoms with Gasteiger partial charge in [0.2, 0.25) is 0 Å². The number of thiazole rings is 1. The molecule has 5 aromatic rings. The Labute approximate surface area is 225 Å². The Bertz CT molecular complexity index is 1620. The monoisotopic (exact) mass is 531 g/mol. The Balaban J connectivity index is 0.000000368. The second-order valence-electron chi connectivity index (χ2n) is 9.07. The Hall–Kier alpha value is -4.05. The van der Waals surface area contributed by atoms with Crippen LogP contribution in [0.15, 0.2) is 58.9 Å². The van der Waals surface area contributed by atoms with Crippen LogP contribution < -0.4 is 10.9 Å². The SMILES string of the molecule is CCC/C=C(\O)CC.Cc1ccc(-c2c(C(C)Nc3ncnc4nc[nH]c34)nc3scc(C)n3c2=O)cc1. The molecular formula is C28H33N7O2S. The van der Waals surface area contributed by atoms with E-state index in [1.165, 1.54) is 17.7 Å². The molecule has 5 rings (SSSR count). The van der Waals surface area contributed by atoms with Gasteiger partial charge in [0.15, 0.2) is 16.4 Å². The van der Waals surface area contributed by atoms with Crippen molar-refractivity contribution in [2.75, 3.05) is 5.32 Å². The molecule has 4 heterocycles. The maximum absolute atomic E-state index is 13.5. The number of rotatable bonds is 7. The zero-order valence-corrected chi connectivity index (χ0v) is 23.1. The number of aliphatic hydroxyl groups excluding tert-OH is 1. The number of aryl methyl sites for hydroxylation is 2.